The van der Waals surface area contributed by atoms with Crippen molar-refractivity contribution in [2.75, 3.05) is 17.1 Å². The summed E-state index contributed by atoms with van der Waals surface area (Å²) in [5.74, 6) is -0.614. The van der Waals surface area contributed by atoms with Gasteiger partial charge in [-0.3, -0.25) is 13.9 Å². The summed E-state index contributed by atoms with van der Waals surface area (Å²) in [5, 5.41) is 4.14. The van der Waals surface area contributed by atoms with Crippen molar-refractivity contribution in [1.29, 1.82) is 0 Å². The summed E-state index contributed by atoms with van der Waals surface area (Å²) in [5.41, 5.74) is 1.63. The van der Waals surface area contributed by atoms with Crippen molar-refractivity contribution >= 4 is 62.3 Å². The minimum absolute atomic E-state index is 0.00859. The first-order valence-corrected chi connectivity index (χ1v) is 15.0. The Morgan fingerprint density at radius 1 is 1.00 bits per heavy atom. The third kappa shape index (κ3) is 8.50. The van der Waals surface area contributed by atoms with Crippen LogP contribution in [0.1, 0.15) is 51.2 Å². The summed E-state index contributed by atoms with van der Waals surface area (Å²) in [6.45, 7) is 7.35. The molecule has 0 unspecified atom stereocenters. The molecule has 1 N–H and O–H groups in total. The molecule has 0 aliphatic heterocycles. The summed E-state index contributed by atoms with van der Waals surface area (Å²) in [6, 6.07) is 9.25. The highest BCUT2D eigenvalue weighted by atomic mass is 35.5. The second kappa shape index (κ2) is 13.7. The Kier molecular flexibility index (Phi) is 11.6. The average Bonchev–Trinajstić information content (AvgIpc) is 2.82. The van der Waals surface area contributed by atoms with Crippen LogP contribution in [0.25, 0.3) is 0 Å². The van der Waals surface area contributed by atoms with Crippen LogP contribution in [0.4, 0.5) is 5.69 Å². The lowest BCUT2D eigenvalue weighted by Crippen LogP contribution is -2.49. The van der Waals surface area contributed by atoms with Crippen LogP contribution in [0.3, 0.4) is 0 Å². The molecular formula is C26H34Cl3N3O4S. The third-order valence-corrected chi connectivity index (χ3v) is 8.52. The molecule has 2 aromatic carbocycles. The number of amides is 2. The van der Waals surface area contributed by atoms with Crippen molar-refractivity contribution in [2.45, 2.75) is 65.6 Å². The predicted octanol–water partition coefficient (Wildman–Crippen LogP) is 5.83. The molecule has 0 saturated carbocycles. The minimum Gasteiger partial charge on any atom is -0.352 e. The molecule has 0 heterocycles. The van der Waals surface area contributed by atoms with Gasteiger partial charge in [-0.05, 0) is 63.4 Å². The molecule has 2 rings (SSSR count). The maximum Gasteiger partial charge on any atom is 0.242 e. The largest absolute Gasteiger partial charge is 0.352 e. The van der Waals surface area contributed by atoms with E-state index in [9.17, 15) is 18.0 Å². The zero-order chi connectivity index (χ0) is 27.9. The van der Waals surface area contributed by atoms with Gasteiger partial charge in [0.2, 0.25) is 21.8 Å². The van der Waals surface area contributed by atoms with Crippen LogP contribution in [0.2, 0.25) is 15.1 Å². The number of sulfonamides is 1. The summed E-state index contributed by atoms with van der Waals surface area (Å²) >= 11 is 18.9. The van der Waals surface area contributed by atoms with Gasteiger partial charge in [-0.25, -0.2) is 8.42 Å². The van der Waals surface area contributed by atoms with Crippen LogP contribution in [0, 0.1) is 6.92 Å². The summed E-state index contributed by atoms with van der Waals surface area (Å²) < 4.78 is 26.4. The molecule has 2 aromatic rings. The maximum absolute atomic E-state index is 13.4. The topological polar surface area (TPSA) is 86.8 Å². The zero-order valence-electron chi connectivity index (χ0n) is 21.7. The van der Waals surface area contributed by atoms with Gasteiger partial charge in [0.15, 0.2) is 0 Å². The summed E-state index contributed by atoms with van der Waals surface area (Å²) in [4.78, 5) is 27.8. The Hall–Kier alpha value is -2.00. The smallest absolute Gasteiger partial charge is 0.242 e. The lowest BCUT2D eigenvalue weighted by Gasteiger charge is -2.31. The van der Waals surface area contributed by atoms with E-state index in [1.807, 2.05) is 13.8 Å². The molecule has 0 aromatic heterocycles. The van der Waals surface area contributed by atoms with E-state index < -0.39 is 16.1 Å². The maximum atomic E-state index is 13.4. The van der Waals surface area contributed by atoms with Crippen molar-refractivity contribution < 1.29 is 18.0 Å². The molecule has 0 aliphatic carbocycles. The number of benzene rings is 2. The number of rotatable bonds is 12. The van der Waals surface area contributed by atoms with E-state index in [1.54, 1.807) is 50.2 Å². The first-order chi connectivity index (χ1) is 17.3. The fourth-order valence-corrected chi connectivity index (χ4v) is 5.45. The van der Waals surface area contributed by atoms with Crippen LogP contribution in [0.5, 0.6) is 0 Å². The Balaban J connectivity index is 2.27. The number of carbonyl (C=O) groups excluding carboxylic acids is 2. The first-order valence-electron chi connectivity index (χ1n) is 12.0. The van der Waals surface area contributed by atoms with Crippen molar-refractivity contribution in [3.8, 4) is 0 Å². The number of carbonyl (C=O) groups is 2. The number of halogens is 3. The molecule has 204 valence electrons. The lowest BCUT2D eigenvalue weighted by molar-refractivity contribution is -0.140. The van der Waals surface area contributed by atoms with Crippen LogP contribution < -0.4 is 9.62 Å². The van der Waals surface area contributed by atoms with E-state index >= 15 is 0 Å². The monoisotopic (exact) mass is 589 g/mol. The zero-order valence-corrected chi connectivity index (χ0v) is 24.8. The van der Waals surface area contributed by atoms with Crippen molar-refractivity contribution in [2.24, 2.45) is 0 Å². The Bertz CT molecular complexity index is 1200. The standard InChI is InChI=1S/C26H34Cl3N3O4S/c1-6-17(2)30-26(34)19(4)31(16-20-22(28)11-7-12-23(20)29)25(33)14-9-15-32(37(5,35)36)24-13-8-10-21(27)18(24)3/h7-8,10-13,17,19H,6,9,14-16H2,1-5H3,(H,30,34)/t17-,19-/m1/s1. The SMILES string of the molecule is CC[C@@H](C)NC(=O)[C@@H](C)N(Cc1c(Cl)cccc1Cl)C(=O)CCCN(c1cccc(Cl)c1C)S(C)(=O)=O. The number of nitrogens with one attached hydrogen (secondary N) is 1. The fraction of sp³-hybridized carbons (Fsp3) is 0.462. The Morgan fingerprint density at radius 3 is 2.14 bits per heavy atom. The van der Waals surface area contributed by atoms with Crippen LogP contribution in [-0.4, -0.2) is 50.0 Å². The molecule has 0 aliphatic rings. The molecule has 7 nitrogen and oxygen atoms in total. The van der Waals surface area contributed by atoms with Gasteiger partial charge in [-0.15, -0.1) is 0 Å². The normalized spacial score (nSPS) is 13.1. The second-order valence-electron chi connectivity index (χ2n) is 9.04. The molecule has 0 radical (unpaired) electrons. The first kappa shape index (κ1) is 31.2. The van der Waals surface area contributed by atoms with Crippen LogP contribution in [-0.2, 0) is 26.2 Å². The van der Waals surface area contributed by atoms with Gasteiger partial charge in [-0.1, -0.05) is 53.9 Å². The second-order valence-corrected chi connectivity index (χ2v) is 12.2. The molecule has 0 bridgehead atoms. The molecule has 11 heteroatoms. The van der Waals surface area contributed by atoms with Gasteiger partial charge in [0.05, 0.1) is 11.9 Å². The van der Waals surface area contributed by atoms with E-state index in [0.29, 0.717) is 31.9 Å². The van der Waals surface area contributed by atoms with Crippen LogP contribution >= 0.6 is 34.8 Å². The molecule has 0 saturated heterocycles. The van der Waals surface area contributed by atoms with Gasteiger partial charge >= 0.3 is 0 Å². The summed E-state index contributed by atoms with van der Waals surface area (Å²) in [7, 11) is -3.63. The summed E-state index contributed by atoms with van der Waals surface area (Å²) in [6.07, 6.45) is 2.09. The Morgan fingerprint density at radius 2 is 1.57 bits per heavy atom. The van der Waals surface area contributed by atoms with E-state index in [2.05, 4.69) is 5.32 Å². The highest BCUT2D eigenvalue weighted by Gasteiger charge is 2.28. The van der Waals surface area contributed by atoms with Gasteiger partial charge in [0, 0.05) is 46.2 Å². The van der Waals surface area contributed by atoms with E-state index in [4.69, 9.17) is 34.8 Å². The molecule has 37 heavy (non-hydrogen) atoms. The van der Waals surface area contributed by atoms with Gasteiger partial charge < -0.3 is 10.2 Å². The van der Waals surface area contributed by atoms with E-state index in [1.165, 1.54) is 9.21 Å². The highest BCUT2D eigenvalue weighted by Crippen LogP contribution is 2.29. The Labute approximate surface area is 235 Å². The van der Waals surface area contributed by atoms with Gasteiger partial charge in [-0.2, -0.15) is 0 Å². The molecular weight excluding hydrogens is 557 g/mol. The van der Waals surface area contributed by atoms with Crippen molar-refractivity contribution in [3.05, 3.63) is 62.6 Å². The number of hydrogen-bond acceptors (Lipinski definition) is 4. The van der Waals surface area contributed by atoms with Crippen molar-refractivity contribution in [3.63, 3.8) is 0 Å². The van der Waals surface area contributed by atoms with Gasteiger partial charge in [0.1, 0.15) is 6.04 Å². The predicted molar refractivity (Wildman–Crippen MR) is 152 cm³/mol. The number of hydrogen-bond donors (Lipinski definition) is 1. The molecule has 2 amide bonds. The highest BCUT2D eigenvalue weighted by molar-refractivity contribution is 7.92. The average molecular weight is 591 g/mol. The van der Waals surface area contributed by atoms with E-state index in [-0.39, 0.29) is 43.8 Å². The molecule has 0 fully saturated rings. The molecule has 2 atom stereocenters. The third-order valence-electron chi connectivity index (χ3n) is 6.22. The quantitative estimate of drug-likeness (QED) is 0.337. The van der Waals surface area contributed by atoms with Crippen molar-refractivity contribution in [1.82, 2.24) is 10.2 Å². The van der Waals surface area contributed by atoms with Crippen LogP contribution in [0.15, 0.2) is 36.4 Å². The minimum atomic E-state index is -3.63. The number of nitrogens with zero attached hydrogens (tertiary/aromatic N) is 2. The van der Waals surface area contributed by atoms with Gasteiger partial charge in [0.25, 0.3) is 0 Å². The van der Waals surface area contributed by atoms with E-state index in [0.717, 1.165) is 12.7 Å². The molecule has 0 spiro atoms. The number of anilines is 1. The fourth-order valence-electron chi connectivity index (χ4n) is 3.75. The lowest BCUT2D eigenvalue weighted by atomic mass is 10.1.